The van der Waals surface area contributed by atoms with Crippen molar-refractivity contribution in [3.63, 3.8) is 0 Å². The summed E-state index contributed by atoms with van der Waals surface area (Å²) in [6, 6.07) is 8.20. The third-order valence-corrected chi connectivity index (χ3v) is 6.51. The number of rotatable bonds is 6. The van der Waals surface area contributed by atoms with Gasteiger partial charge in [0.1, 0.15) is 22.9 Å². The number of halogens is 2. The molecule has 37 heavy (non-hydrogen) atoms. The zero-order chi connectivity index (χ0) is 26.1. The molecule has 1 aliphatic rings. The first-order valence-corrected chi connectivity index (χ1v) is 12.1. The zero-order valence-electron chi connectivity index (χ0n) is 20.4. The first-order valence-electron chi connectivity index (χ1n) is 11.7. The van der Waals surface area contributed by atoms with Gasteiger partial charge in [0.2, 0.25) is 11.9 Å². The third kappa shape index (κ3) is 5.00. The molecule has 4 heterocycles. The molecule has 1 saturated heterocycles. The first-order chi connectivity index (χ1) is 17.8. The van der Waals surface area contributed by atoms with Gasteiger partial charge in [-0.2, -0.15) is 0 Å². The minimum Gasteiger partial charge on any atom is -0.494 e. The normalized spacial score (nSPS) is 14.6. The Bertz CT molecular complexity index is 1450. The molecule has 12 heteroatoms. The summed E-state index contributed by atoms with van der Waals surface area (Å²) in [5, 5.41) is 3.49. The molecule has 3 N–H and O–H groups in total. The lowest BCUT2D eigenvalue weighted by atomic mass is 10.2. The number of imidazole rings is 1. The summed E-state index contributed by atoms with van der Waals surface area (Å²) < 4.78 is 21.1. The Balaban J connectivity index is 1.36. The van der Waals surface area contributed by atoms with Gasteiger partial charge in [-0.3, -0.25) is 9.20 Å². The molecule has 0 bridgehead atoms. The molecule has 0 aliphatic carbocycles. The summed E-state index contributed by atoms with van der Waals surface area (Å²) in [7, 11) is 1.59. The highest BCUT2D eigenvalue weighted by Crippen LogP contribution is 2.33. The summed E-state index contributed by atoms with van der Waals surface area (Å²) in [6.45, 7) is 4.31. The minimum atomic E-state index is -0.499. The Morgan fingerprint density at radius 1 is 1.16 bits per heavy atom. The highest BCUT2D eigenvalue weighted by atomic mass is 35.5. The van der Waals surface area contributed by atoms with Crippen LogP contribution in [0.3, 0.4) is 0 Å². The van der Waals surface area contributed by atoms with E-state index in [1.54, 1.807) is 35.6 Å². The van der Waals surface area contributed by atoms with Crippen LogP contribution >= 0.6 is 11.6 Å². The summed E-state index contributed by atoms with van der Waals surface area (Å²) in [4.78, 5) is 29.3. The van der Waals surface area contributed by atoms with Crippen LogP contribution in [-0.2, 0) is 4.79 Å². The monoisotopic (exact) mass is 524 g/mol. The van der Waals surface area contributed by atoms with Crippen molar-refractivity contribution in [3.8, 4) is 17.1 Å². The molecule has 192 valence electrons. The minimum absolute atomic E-state index is 0.0341. The van der Waals surface area contributed by atoms with E-state index < -0.39 is 11.9 Å². The van der Waals surface area contributed by atoms with E-state index in [2.05, 4.69) is 25.2 Å². The van der Waals surface area contributed by atoms with Crippen molar-refractivity contribution in [2.24, 2.45) is 5.73 Å². The SMILES string of the molecule is COc1cc(N2CCN(C(=O)[C@@H](C)N)CC2)ccc1Nc1ncc(Cl)c(-c2cnc3ccc(F)cn23)n1. The largest absolute Gasteiger partial charge is 0.494 e. The number of nitrogens with two attached hydrogens (primary N) is 1. The van der Waals surface area contributed by atoms with E-state index in [4.69, 9.17) is 22.1 Å². The predicted molar refractivity (Wildman–Crippen MR) is 140 cm³/mol. The molecular weight excluding hydrogens is 499 g/mol. The molecular formula is C25H26ClFN8O2. The van der Waals surface area contributed by atoms with Gasteiger partial charge < -0.3 is 25.6 Å². The van der Waals surface area contributed by atoms with Crippen molar-refractivity contribution in [2.45, 2.75) is 13.0 Å². The second-order valence-electron chi connectivity index (χ2n) is 8.72. The molecule has 0 unspecified atom stereocenters. The standard InChI is InChI=1S/C25H26ClFN8O2/c1-15(28)24(36)34-9-7-33(8-10-34)17-4-5-19(21(11-17)37-2)31-25-30-12-18(26)23(32-25)20-13-29-22-6-3-16(27)14-35(20)22/h3-6,11-15H,7-10,28H2,1-2H3,(H,30,31,32)/t15-/m1/s1. The van der Waals surface area contributed by atoms with Crippen LogP contribution in [0, 0.1) is 5.82 Å². The number of aromatic nitrogens is 4. The number of hydrogen-bond donors (Lipinski definition) is 2. The van der Waals surface area contributed by atoms with Gasteiger partial charge in [0, 0.05) is 44.1 Å². The van der Waals surface area contributed by atoms with Crippen LogP contribution in [0.1, 0.15) is 6.92 Å². The number of piperazine rings is 1. The molecule has 4 aromatic rings. The number of carbonyl (C=O) groups is 1. The van der Waals surface area contributed by atoms with E-state index in [1.807, 2.05) is 18.2 Å². The lowest BCUT2D eigenvalue weighted by molar-refractivity contribution is -0.132. The molecule has 0 saturated carbocycles. The summed E-state index contributed by atoms with van der Waals surface area (Å²) in [6.07, 6.45) is 4.40. The van der Waals surface area contributed by atoms with E-state index in [1.165, 1.54) is 18.5 Å². The van der Waals surface area contributed by atoms with Gasteiger partial charge in [0.25, 0.3) is 0 Å². The van der Waals surface area contributed by atoms with E-state index >= 15 is 0 Å². The van der Waals surface area contributed by atoms with Crippen LogP contribution in [0.5, 0.6) is 5.75 Å². The topological polar surface area (TPSA) is 114 Å². The number of carbonyl (C=O) groups excluding carboxylic acids is 1. The fourth-order valence-corrected chi connectivity index (χ4v) is 4.50. The van der Waals surface area contributed by atoms with Crippen molar-refractivity contribution < 1.29 is 13.9 Å². The van der Waals surface area contributed by atoms with Crippen molar-refractivity contribution in [3.05, 3.63) is 59.8 Å². The number of hydrogen-bond acceptors (Lipinski definition) is 8. The maximum Gasteiger partial charge on any atom is 0.239 e. The van der Waals surface area contributed by atoms with Crippen LogP contribution in [0.15, 0.2) is 48.9 Å². The number of anilines is 3. The number of nitrogens with zero attached hydrogens (tertiary/aromatic N) is 6. The van der Waals surface area contributed by atoms with Crippen LogP contribution in [0.4, 0.5) is 21.7 Å². The first kappa shape index (κ1) is 24.7. The summed E-state index contributed by atoms with van der Waals surface area (Å²) >= 11 is 6.39. The molecule has 1 aromatic carbocycles. The number of amides is 1. The van der Waals surface area contributed by atoms with Crippen molar-refractivity contribution in [1.82, 2.24) is 24.3 Å². The van der Waals surface area contributed by atoms with E-state index in [9.17, 15) is 9.18 Å². The van der Waals surface area contributed by atoms with Gasteiger partial charge in [-0.1, -0.05) is 11.6 Å². The molecule has 1 atom stereocenters. The number of pyridine rings is 1. The third-order valence-electron chi connectivity index (χ3n) is 6.23. The maximum absolute atomic E-state index is 13.8. The Labute approximate surface area is 217 Å². The van der Waals surface area contributed by atoms with Crippen LogP contribution in [0.2, 0.25) is 5.02 Å². The van der Waals surface area contributed by atoms with Gasteiger partial charge in [-0.15, -0.1) is 0 Å². The van der Waals surface area contributed by atoms with Gasteiger partial charge in [0.15, 0.2) is 0 Å². The Kier molecular flexibility index (Phi) is 6.81. The number of fused-ring (bicyclic) bond motifs is 1. The van der Waals surface area contributed by atoms with Crippen LogP contribution < -0.4 is 20.7 Å². The second kappa shape index (κ2) is 10.2. The van der Waals surface area contributed by atoms with Gasteiger partial charge in [0.05, 0.1) is 41.9 Å². The fourth-order valence-electron chi connectivity index (χ4n) is 4.31. The highest BCUT2D eigenvalue weighted by molar-refractivity contribution is 6.32. The predicted octanol–water partition coefficient (Wildman–Crippen LogP) is 3.33. The lowest BCUT2D eigenvalue weighted by Crippen LogP contribution is -2.52. The zero-order valence-corrected chi connectivity index (χ0v) is 21.1. The van der Waals surface area contributed by atoms with Crippen molar-refractivity contribution in [2.75, 3.05) is 43.5 Å². The molecule has 10 nitrogen and oxygen atoms in total. The summed E-state index contributed by atoms with van der Waals surface area (Å²) in [5.41, 5.74) is 8.89. The quantitative estimate of drug-likeness (QED) is 0.395. The number of methoxy groups -OCH3 is 1. The number of ether oxygens (including phenoxy) is 1. The highest BCUT2D eigenvalue weighted by Gasteiger charge is 2.24. The molecule has 1 fully saturated rings. The van der Waals surface area contributed by atoms with Gasteiger partial charge in [-0.25, -0.2) is 19.3 Å². The Hall–Kier alpha value is -3.96. The second-order valence-corrected chi connectivity index (χ2v) is 9.13. The average molecular weight is 525 g/mol. The fraction of sp³-hybridized carbons (Fsp3) is 0.280. The molecule has 0 radical (unpaired) electrons. The average Bonchev–Trinajstić information content (AvgIpc) is 3.32. The Morgan fingerprint density at radius 3 is 2.68 bits per heavy atom. The van der Waals surface area contributed by atoms with E-state index in [0.717, 1.165) is 5.69 Å². The maximum atomic E-state index is 13.8. The van der Waals surface area contributed by atoms with Crippen molar-refractivity contribution >= 4 is 40.5 Å². The molecule has 5 rings (SSSR count). The Morgan fingerprint density at radius 2 is 1.95 bits per heavy atom. The molecule has 3 aromatic heterocycles. The van der Waals surface area contributed by atoms with Crippen LogP contribution in [0.25, 0.3) is 17.0 Å². The summed E-state index contributed by atoms with van der Waals surface area (Å²) in [5.74, 6) is 0.457. The van der Waals surface area contributed by atoms with Gasteiger partial charge >= 0.3 is 0 Å². The lowest BCUT2D eigenvalue weighted by Gasteiger charge is -2.37. The molecule has 1 aliphatic heterocycles. The van der Waals surface area contributed by atoms with E-state index in [0.29, 0.717) is 65.6 Å². The van der Waals surface area contributed by atoms with Gasteiger partial charge in [-0.05, 0) is 31.2 Å². The van der Waals surface area contributed by atoms with Crippen molar-refractivity contribution in [1.29, 1.82) is 0 Å². The van der Waals surface area contributed by atoms with Crippen LogP contribution in [-0.4, -0.2) is 69.5 Å². The molecule has 0 spiro atoms. The number of benzene rings is 1. The smallest absolute Gasteiger partial charge is 0.239 e. The molecule has 1 amide bonds. The number of nitrogens with one attached hydrogen (secondary N) is 1. The van der Waals surface area contributed by atoms with E-state index in [-0.39, 0.29) is 5.91 Å².